The Morgan fingerprint density at radius 2 is 2.05 bits per heavy atom. The first-order valence-electron chi connectivity index (χ1n) is 6.94. The van der Waals surface area contributed by atoms with E-state index in [2.05, 4.69) is 17.1 Å². The van der Waals surface area contributed by atoms with Crippen molar-refractivity contribution in [2.24, 2.45) is 0 Å². The summed E-state index contributed by atoms with van der Waals surface area (Å²) >= 11 is 0. The number of nitrogens with zero attached hydrogens (tertiary/aromatic N) is 1. The molecule has 19 heavy (non-hydrogen) atoms. The van der Waals surface area contributed by atoms with E-state index in [1.807, 2.05) is 6.07 Å². The summed E-state index contributed by atoms with van der Waals surface area (Å²) in [6.07, 6.45) is 2.76. The van der Waals surface area contributed by atoms with Crippen LogP contribution in [0.1, 0.15) is 25.3 Å². The summed E-state index contributed by atoms with van der Waals surface area (Å²) in [4.78, 5) is 14.2. The predicted octanol–water partition coefficient (Wildman–Crippen LogP) is 1.54. The number of phenols is 1. The van der Waals surface area contributed by atoms with Gasteiger partial charge in [0.2, 0.25) is 5.91 Å². The van der Waals surface area contributed by atoms with E-state index in [0.29, 0.717) is 18.2 Å². The summed E-state index contributed by atoms with van der Waals surface area (Å²) in [6.45, 7) is 5.09. The molecule has 1 aliphatic heterocycles. The van der Waals surface area contributed by atoms with Gasteiger partial charge in [-0.2, -0.15) is 0 Å². The highest BCUT2D eigenvalue weighted by molar-refractivity contribution is 5.79. The molecule has 0 radical (unpaired) electrons. The molecule has 4 nitrogen and oxygen atoms in total. The molecule has 2 rings (SSSR count). The number of aromatic hydroxyl groups is 1. The number of nitrogens with one attached hydrogen (secondary N) is 1. The van der Waals surface area contributed by atoms with E-state index in [4.69, 9.17) is 0 Å². The summed E-state index contributed by atoms with van der Waals surface area (Å²) in [5, 5.41) is 12.6. The average Bonchev–Trinajstić information content (AvgIpc) is 2.93. The Morgan fingerprint density at radius 1 is 1.37 bits per heavy atom. The zero-order valence-electron chi connectivity index (χ0n) is 11.4. The number of benzene rings is 1. The first kappa shape index (κ1) is 13.9. The van der Waals surface area contributed by atoms with E-state index in [-0.39, 0.29) is 18.1 Å². The van der Waals surface area contributed by atoms with Gasteiger partial charge in [0.1, 0.15) is 5.75 Å². The third-order valence-corrected chi connectivity index (χ3v) is 3.70. The van der Waals surface area contributed by atoms with Gasteiger partial charge in [-0.3, -0.25) is 9.69 Å². The number of para-hydroxylation sites is 1. The molecule has 1 aromatic carbocycles. The Hall–Kier alpha value is -1.55. The monoisotopic (exact) mass is 262 g/mol. The molecule has 1 fully saturated rings. The van der Waals surface area contributed by atoms with Crippen molar-refractivity contribution in [1.82, 2.24) is 10.2 Å². The molecule has 0 bridgehead atoms. The van der Waals surface area contributed by atoms with Crippen molar-refractivity contribution in [3.05, 3.63) is 29.8 Å². The lowest BCUT2D eigenvalue weighted by molar-refractivity contribution is -0.120. The maximum absolute atomic E-state index is 11.8. The molecule has 4 heteroatoms. The second-order valence-electron chi connectivity index (χ2n) is 5.20. The Labute approximate surface area is 114 Å². The molecule has 104 valence electrons. The van der Waals surface area contributed by atoms with Crippen molar-refractivity contribution in [2.75, 3.05) is 19.6 Å². The molecule has 1 aliphatic rings. The first-order valence-corrected chi connectivity index (χ1v) is 6.94. The number of likely N-dealkylation sites (tertiary alicyclic amines) is 1. The summed E-state index contributed by atoms with van der Waals surface area (Å²) in [7, 11) is 0. The van der Waals surface area contributed by atoms with Gasteiger partial charge in [-0.1, -0.05) is 18.2 Å². The third kappa shape index (κ3) is 3.96. The van der Waals surface area contributed by atoms with Gasteiger partial charge in [0, 0.05) is 18.2 Å². The van der Waals surface area contributed by atoms with Crippen LogP contribution in [0.5, 0.6) is 5.75 Å². The van der Waals surface area contributed by atoms with Gasteiger partial charge < -0.3 is 10.4 Å². The topological polar surface area (TPSA) is 52.6 Å². The van der Waals surface area contributed by atoms with Gasteiger partial charge >= 0.3 is 0 Å². The summed E-state index contributed by atoms with van der Waals surface area (Å²) in [5.74, 6) is 0.151. The van der Waals surface area contributed by atoms with Crippen molar-refractivity contribution in [2.45, 2.75) is 32.2 Å². The van der Waals surface area contributed by atoms with Gasteiger partial charge in [0.05, 0.1) is 6.42 Å². The van der Waals surface area contributed by atoms with Crippen LogP contribution >= 0.6 is 0 Å². The summed E-state index contributed by atoms with van der Waals surface area (Å²) in [6, 6.07) is 7.35. The Kier molecular flexibility index (Phi) is 4.80. The normalized spacial score (nSPS) is 17.3. The van der Waals surface area contributed by atoms with Crippen LogP contribution in [0.3, 0.4) is 0 Å². The third-order valence-electron chi connectivity index (χ3n) is 3.70. The molecule has 0 saturated carbocycles. The predicted molar refractivity (Wildman–Crippen MR) is 75.1 cm³/mol. The molecule has 0 aliphatic carbocycles. The number of amides is 1. The molecule has 1 unspecified atom stereocenters. The van der Waals surface area contributed by atoms with E-state index in [9.17, 15) is 9.90 Å². The maximum Gasteiger partial charge on any atom is 0.224 e. The fraction of sp³-hybridized carbons (Fsp3) is 0.533. The van der Waals surface area contributed by atoms with Gasteiger partial charge in [-0.05, 0) is 38.9 Å². The van der Waals surface area contributed by atoms with Crippen molar-refractivity contribution < 1.29 is 9.90 Å². The highest BCUT2D eigenvalue weighted by atomic mass is 16.3. The van der Waals surface area contributed by atoms with Crippen LogP contribution in [0.2, 0.25) is 0 Å². The molecule has 1 amide bonds. The SMILES string of the molecule is CC(CNC(=O)Cc1ccccc1O)N1CCCC1. The van der Waals surface area contributed by atoms with Crippen LogP contribution in [0.25, 0.3) is 0 Å². The molecule has 1 atom stereocenters. The van der Waals surface area contributed by atoms with Gasteiger partial charge in [0.25, 0.3) is 0 Å². The average molecular weight is 262 g/mol. The smallest absolute Gasteiger partial charge is 0.224 e. The zero-order chi connectivity index (χ0) is 13.7. The molecule has 1 saturated heterocycles. The maximum atomic E-state index is 11.8. The van der Waals surface area contributed by atoms with Crippen molar-refractivity contribution in [3.8, 4) is 5.75 Å². The van der Waals surface area contributed by atoms with Crippen LogP contribution in [-0.4, -0.2) is 41.6 Å². The number of carbonyl (C=O) groups is 1. The number of rotatable bonds is 5. The van der Waals surface area contributed by atoms with E-state index in [1.54, 1.807) is 18.2 Å². The van der Waals surface area contributed by atoms with Gasteiger partial charge in [-0.25, -0.2) is 0 Å². The minimum absolute atomic E-state index is 0.0347. The fourth-order valence-electron chi connectivity index (χ4n) is 2.47. The standard InChI is InChI=1S/C15H22N2O2/c1-12(17-8-4-5-9-17)11-16-15(19)10-13-6-2-3-7-14(13)18/h2-3,6-7,12,18H,4-5,8-11H2,1H3,(H,16,19). The Balaban J connectivity index is 1.77. The minimum Gasteiger partial charge on any atom is -0.508 e. The van der Waals surface area contributed by atoms with Crippen molar-refractivity contribution in [1.29, 1.82) is 0 Å². The molecular formula is C15H22N2O2. The van der Waals surface area contributed by atoms with E-state index >= 15 is 0 Å². The van der Waals surface area contributed by atoms with Crippen molar-refractivity contribution in [3.63, 3.8) is 0 Å². The van der Waals surface area contributed by atoms with Crippen LogP contribution in [-0.2, 0) is 11.2 Å². The van der Waals surface area contributed by atoms with E-state index in [0.717, 1.165) is 13.1 Å². The zero-order valence-corrected chi connectivity index (χ0v) is 11.4. The largest absolute Gasteiger partial charge is 0.508 e. The second kappa shape index (κ2) is 6.57. The number of hydrogen-bond acceptors (Lipinski definition) is 3. The molecule has 0 spiro atoms. The highest BCUT2D eigenvalue weighted by Gasteiger charge is 2.18. The molecule has 1 heterocycles. The lowest BCUT2D eigenvalue weighted by Crippen LogP contribution is -2.41. The van der Waals surface area contributed by atoms with Crippen LogP contribution in [0.15, 0.2) is 24.3 Å². The highest BCUT2D eigenvalue weighted by Crippen LogP contribution is 2.16. The molecule has 1 aromatic rings. The molecular weight excluding hydrogens is 240 g/mol. The lowest BCUT2D eigenvalue weighted by Gasteiger charge is -2.23. The second-order valence-corrected chi connectivity index (χ2v) is 5.20. The van der Waals surface area contributed by atoms with E-state index < -0.39 is 0 Å². The van der Waals surface area contributed by atoms with Crippen LogP contribution in [0, 0.1) is 0 Å². The molecule has 2 N–H and O–H groups in total. The first-order chi connectivity index (χ1) is 9.16. The number of hydrogen-bond donors (Lipinski definition) is 2. The van der Waals surface area contributed by atoms with E-state index in [1.165, 1.54) is 12.8 Å². The fourth-order valence-corrected chi connectivity index (χ4v) is 2.47. The van der Waals surface area contributed by atoms with Gasteiger partial charge in [0.15, 0.2) is 0 Å². The molecule has 0 aromatic heterocycles. The number of carbonyl (C=O) groups excluding carboxylic acids is 1. The summed E-state index contributed by atoms with van der Waals surface area (Å²) in [5.41, 5.74) is 0.675. The lowest BCUT2D eigenvalue weighted by atomic mass is 10.1. The quantitative estimate of drug-likeness (QED) is 0.846. The number of phenolic OH excluding ortho intramolecular Hbond substituents is 1. The minimum atomic E-state index is -0.0347. The summed E-state index contributed by atoms with van der Waals surface area (Å²) < 4.78 is 0. The van der Waals surface area contributed by atoms with Crippen molar-refractivity contribution >= 4 is 5.91 Å². The Bertz CT molecular complexity index is 428. The van der Waals surface area contributed by atoms with Crippen LogP contribution < -0.4 is 5.32 Å². The Morgan fingerprint density at radius 3 is 2.74 bits per heavy atom. The van der Waals surface area contributed by atoms with Gasteiger partial charge in [-0.15, -0.1) is 0 Å². The van der Waals surface area contributed by atoms with Crippen LogP contribution in [0.4, 0.5) is 0 Å².